The maximum absolute atomic E-state index is 2.46. The maximum Gasteiger partial charge on any atom is 0.0351 e. The van der Waals surface area contributed by atoms with Crippen molar-refractivity contribution in [2.75, 3.05) is 13.1 Å². The van der Waals surface area contributed by atoms with Crippen LogP contribution in [0.4, 0.5) is 0 Å². The van der Waals surface area contributed by atoms with E-state index in [0.29, 0.717) is 0 Å². The second-order valence-corrected chi connectivity index (χ2v) is 4.67. The van der Waals surface area contributed by atoms with Gasteiger partial charge in [-0.1, -0.05) is 12.1 Å². The Kier molecular flexibility index (Phi) is 5.29. The normalized spacial score (nSPS) is 13.1. The van der Waals surface area contributed by atoms with Crippen molar-refractivity contribution >= 4 is 10.2 Å². The highest BCUT2D eigenvalue weighted by Gasteiger charge is 2.01. The van der Waals surface area contributed by atoms with Crippen molar-refractivity contribution in [1.82, 2.24) is 4.90 Å². The first kappa shape index (κ1) is 10.8. The van der Waals surface area contributed by atoms with E-state index in [4.69, 9.17) is 0 Å². The van der Waals surface area contributed by atoms with Crippen LogP contribution in [0, 0.1) is 0 Å². The molecule has 1 nitrogen and oxygen atoms in total. The molecule has 0 spiro atoms. The van der Waals surface area contributed by atoms with E-state index >= 15 is 0 Å². The highest BCUT2D eigenvalue weighted by molar-refractivity contribution is 6.21. The lowest BCUT2D eigenvalue weighted by molar-refractivity contribution is 0.362. The molecule has 0 heterocycles. The third-order valence-electron chi connectivity index (χ3n) is 2.07. The summed E-state index contributed by atoms with van der Waals surface area (Å²) in [5, 5.41) is 1.57. The van der Waals surface area contributed by atoms with Crippen molar-refractivity contribution in [3.8, 4) is 0 Å². The fraction of sp³-hybridized carbons (Fsp3) is 0.778. The molecule has 0 radical (unpaired) electrons. The average molecular weight is 171 g/mol. The third-order valence-corrected chi connectivity index (χ3v) is 2.80. The molecule has 0 aromatic carbocycles. The zero-order valence-corrected chi connectivity index (χ0v) is 10.6. The van der Waals surface area contributed by atoms with E-state index in [9.17, 15) is 0 Å². The van der Waals surface area contributed by atoms with E-state index in [0.717, 1.165) is 6.54 Å². The highest BCUT2D eigenvalue weighted by Crippen LogP contribution is 2.06. The number of hydrogen-bond acceptors (Lipinski definition) is 1. The van der Waals surface area contributed by atoms with Gasteiger partial charge in [-0.05, 0) is 27.2 Å². The SMILES string of the molecule is CCCN(CC)C(C)=C(C)[SiH3]. The predicted molar refractivity (Wildman–Crippen MR) is 55.9 cm³/mol. The van der Waals surface area contributed by atoms with Gasteiger partial charge in [0.05, 0.1) is 0 Å². The standard InChI is InChI=1S/C9H21NSi/c1-5-7-10(6-2)8(3)9(4)11/h5-7H2,1-4,11H3. The summed E-state index contributed by atoms with van der Waals surface area (Å²) in [6, 6.07) is 0. The van der Waals surface area contributed by atoms with Gasteiger partial charge < -0.3 is 4.90 Å². The van der Waals surface area contributed by atoms with Crippen molar-refractivity contribution in [3.63, 3.8) is 0 Å². The van der Waals surface area contributed by atoms with Crippen molar-refractivity contribution < 1.29 is 0 Å². The molecule has 0 saturated heterocycles. The van der Waals surface area contributed by atoms with Crippen LogP contribution in [0.25, 0.3) is 0 Å². The van der Waals surface area contributed by atoms with E-state index in [-0.39, 0.29) is 0 Å². The van der Waals surface area contributed by atoms with Crippen molar-refractivity contribution in [2.45, 2.75) is 34.1 Å². The minimum absolute atomic E-state index is 1.15. The van der Waals surface area contributed by atoms with Gasteiger partial charge in [0.2, 0.25) is 0 Å². The molecule has 0 aliphatic rings. The molecule has 0 aromatic heterocycles. The Hall–Kier alpha value is -0.243. The molecule has 0 unspecified atom stereocenters. The lowest BCUT2D eigenvalue weighted by atomic mass is 10.3. The van der Waals surface area contributed by atoms with Crippen molar-refractivity contribution in [2.24, 2.45) is 0 Å². The molecule has 0 aliphatic heterocycles. The Morgan fingerprint density at radius 1 is 1.27 bits per heavy atom. The van der Waals surface area contributed by atoms with Gasteiger partial charge in [-0.15, -0.1) is 0 Å². The van der Waals surface area contributed by atoms with Crippen LogP contribution >= 0.6 is 0 Å². The summed E-state index contributed by atoms with van der Waals surface area (Å²) in [4.78, 5) is 2.46. The summed E-state index contributed by atoms with van der Waals surface area (Å²) >= 11 is 0. The fourth-order valence-corrected chi connectivity index (χ4v) is 1.47. The Bertz CT molecular complexity index is 136. The quantitative estimate of drug-likeness (QED) is 0.577. The van der Waals surface area contributed by atoms with Gasteiger partial charge in [0.1, 0.15) is 0 Å². The topological polar surface area (TPSA) is 3.24 Å². The summed E-state index contributed by atoms with van der Waals surface area (Å²) in [7, 11) is 1.20. The molecule has 0 bridgehead atoms. The lowest BCUT2D eigenvalue weighted by Crippen LogP contribution is -2.23. The summed E-state index contributed by atoms with van der Waals surface area (Å²) in [5.41, 5.74) is 1.50. The minimum atomic E-state index is 1.15. The van der Waals surface area contributed by atoms with Crippen LogP contribution < -0.4 is 0 Å². The first-order chi connectivity index (χ1) is 5.13. The molecule has 0 N–H and O–H groups in total. The molecular formula is C9H21NSi. The summed E-state index contributed by atoms with van der Waals surface area (Å²) in [5.74, 6) is 0. The van der Waals surface area contributed by atoms with Gasteiger partial charge in [-0.2, -0.15) is 0 Å². The lowest BCUT2D eigenvalue weighted by Gasteiger charge is -2.24. The Balaban J connectivity index is 4.14. The molecular weight excluding hydrogens is 150 g/mol. The summed E-state index contributed by atoms with van der Waals surface area (Å²) in [6.07, 6.45) is 1.25. The van der Waals surface area contributed by atoms with Crippen LogP contribution in [0.5, 0.6) is 0 Å². The van der Waals surface area contributed by atoms with E-state index in [2.05, 4.69) is 32.6 Å². The number of rotatable bonds is 4. The monoisotopic (exact) mass is 171 g/mol. The first-order valence-corrected chi connectivity index (χ1v) is 5.52. The van der Waals surface area contributed by atoms with Gasteiger partial charge in [0.15, 0.2) is 0 Å². The molecule has 0 rings (SSSR count). The Labute approximate surface area is 73.9 Å². The molecule has 2 heteroatoms. The maximum atomic E-state index is 2.46. The molecule has 0 aliphatic carbocycles. The minimum Gasteiger partial charge on any atom is -0.376 e. The van der Waals surface area contributed by atoms with E-state index < -0.39 is 0 Å². The van der Waals surface area contributed by atoms with Gasteiger partial charge in [-0.3, -0.25) is 0 Å². The molecule has 0 atom stereocenters. The average Bonchev–Trinajstić information content (AvgIpc) is 1.98. The van der Waals surface area contributed by atoms with Crippen LogP contribution in [0.2, 0.25) is 0 Å². The summed E-state index contributed by atoms with van der Waals surface area (Å²) < 4.78 is 0. The second kappa shape index (κ2) is 5.41. The molecule has 0 fully saturated rings. The summed E-state index contributed by atoms with van der Waals surface area (Å²) in [6.45, 7) is 11.3. The van der Waals surface area contributed by atoms with Crippen LogP contribution in [-0.2, 0) is 0 Å². The Morgan fingerprint density at radius 3 is 2.09 bits per heavy atom. The van der Waals surface area contributed by atoms with Gasteiger partial charge in [-0.25, -0.2) is 0 Å². The zero-order valence-electron chi connectivity index (χ0n) is 8.57. The molecule has 0 aromatic rings. The van der Waals surface area contributed by atoms with E-state index in [1.165, 1.54) is 28.9 Å². The predicted octanol–water partition coefficient (Wildman–Crippen LogP) is 1.34. The van der Waals surface area contributed by atoms with Crippen molar-refractivity contribution in [3.05, 3.63) is 10.9 Å². The first-order valence-electron chi connectivity index (χ1n) is 4.52. The van der Waals surface area contributed by atoms with Crippen LogP contribution in [0.3, 0.4) is 0 Å². The van der Waals surface area contributed by atoms with E-state index in [1.807, 2.05) is 0 Å². The highest BCUT2D eigenvalue weighted by atomic mass is 28.1. The molecule has 0 saturated carbocycles. The zero-order chi connectivity index (χ0) is 8.85. The molecule has 66 valence electrons. The van der Waals surface area contributed by atoms with Gasteiger partial charge >= 0.3 is 0 Å². The van der Waals surface area contributed by atoms with Gasteiger partial charge in [0.25, 0.3) is 0 Å². The smallest absolute Gasteiger partial charge is 0.0351 e. The largest absolute Gasteiger partial charge is 0.376 e. The fourth-order valence-electron chi connectivity index (χ4n) is 1.15. The number of nitrogens with zero attached hydrogens (tertiary/aromatic N) is 1. The number of hydrogen-bond donors (Lipinski definition) is 0. The van der Waals surface area contributed by atoms with E-state index in [1.54, 1.807) is 5.20 Å². The van der Waals surface area contributed by atoms with Crippen molar-refractivity contribution in [1.29, 1.82) is 0 Å². The molecule has 11 heavy (non-hydrogen) atoms. The third kappa shape index (κ3) is 3.61. The molecule has 0 amide bonds. The number of allylic oxidation sites excluding steroid dienone is 2. The Morgan fingerprint density at radius 2 is 1.82 bits per heavy atom. The van der Waals surface area contributed by atoms with Crippen LogP contribution in [-0.4, -0.2) is 28.2 Å². The second-order valence-electron chi connectivity index (χ2n) is 3.17. The van der Waals surface area contributed by atoms with Crippen LogP contribution in [0.1, 0.15) is 34.1 Å². The van der Waals surface area contributed by atoms with Crippen LogP contribution in [0.15, 0.2) is 10.9 Å². The van der Waals surface area contributed by atoms with Gasteiger partial charge in [0, 0.05) is 29.0 Å².